The number of amides is 1. The molecule has 1 amide bonds. The lowest BCUT2D eigenvalue weighted by Gasteiger charge is -2.12. The summed E-state index contributed by atoms with van der Waals surface area (Å²) in [4.78, 5) is 23.6. The first-order chi connectivity index (χ1) is 10.0. The number of halogens is 1. The van der Waals surface area contributed by atoms with Crippen molar-refractivity contribution in [2.45, 2.75) is 19.9 Å². The van der Waals surface area contributed by atoms with Gasteiger partial charge in [0.15, 0.2) is 0 Å². The Labute approximate surface area is 130 Å². The number of anilines is 1. The Morgan fingerprint density at radius 1 is 1.29 bits per heavy atom. The molecule has 0 aliphatic carbocycles. The van der Waals surface area contributed by atoms with Gasteiger partial charge >= 0.3 is 5.97 Å². The van der Waals surface area contributed by atoms with Crippen molar-refractivity contribution in [2.24, 2.45) is 0 Å². The number of rotatable bonds is 5. The number of nitrogens with one attached hydrogen (secondary N) is 1. The minimum absolute atomic E-state index is 0.0475. The van der Waals surface area contributed by atoms with Gasteiger partial charge in [-0.25, -0.2) is 4.79 Å². The Balaban J connectivity index is 2.32. The van der Waals surface area contributed by atoms with E-state index in [-0.39, 0.29) is 17.2 Å². The van der Waals surface area contributed by atoms with Crippen molar-refractivity contribution in [3.05, 3.63) is 52.3 Å². The van der Waals surface area contributed by atoms with Crippen LogP contribution in [0.5, 0.6) is 0 Å². The number of carboxylic acids is 1. The number of carbonyl (C=O) groups is 2. The molecule has 1 aromatic heterocycles. The Kier molecular flexibility index (Phi) is 4.80. The highest BCUT2D eigenvalue weighted by Crippen LogP contribution is 2.27. The molecule has 0 saturated carbocycles. The SMILES string of the molecule is CCCn1cccc1C(=O)Nc1c(Br)cccc1C(=O)O. The van der Waals surface area contributed by atoms with Gasteiger partial charge in [-0.15, -0.1) is 0 Å². The predicted octanol–water partition coefficient (Wildman–Crippen LogP) is 3.61. The number of benzene rings is 1. The minimum Gasteiger partial charge on any atom is -0.478 e. The number of aromatic nitrogens is 1. The van der Waals surface area contributed by atoms with Gasteiger partial charge in [0, 0.05) is 17.2 Å². The highest BCUT2D eigenvalue weighted by Gasteiger charge is 2.17. The van der Waals surface area contributed by atoms with Gasteiger partial charge in [-0.2, -0.15) is 0 Å². The predicted molar refractivity (Wildman–Crippen MR) is 83.8 cm³/mol. The third-order valence-electron chi connectivity index (χ3n) is 3.01. The number of para-hydroxylation sites is 1. The zero-order valence-corrected chi connectivity index (χ0v) is 13.1. The summed E-state index contributed by atoms with van der Waals surface area (Å²) >= 11 is 3.27. The Bertz CT molecular complexity index is 679. The molecule has 1 heterocycles. The highest BCUT2D eigenvalue weighted by atomic mass is 79.9. The van der Waals surface area contributed by atoms with Crippen LogP contribution in [0.1, 0.15) is 34.2 Å². The van der Waals surface area contributed by atoms with Gasteiger partial charge in [0.2, 0.25) is 0 Å². The van der Waals surface area contributed by atoms with E-state index < -0.39 is 5.97 Å². The summed E-state index contributed by atoms with van der Waals surface area (Å²) < 4.78 is 2.37. The summed E-state index contributed by atoms with van der Waals surface area (Å²) in [5, 5.41) is 11.9. The van der Waals surface area contributed by atoms with E-state index in [2.05, 4.69) is 21.2 Å². The molecule has 0 unspecified atom stereocenters. The molecule has 0 bridgehead atoms. The average molecular weight is 351 g/mol. The van der Waals surface area contributed by atoms with E-state index >= 15 is 0 Å². The van der Waals surface area contributed by atoms with Gasteiger partial charge < -0.3 is 15.0 Å². The minimum atomic E-state index is -1.09. The number of hydrogen-bond donors (Lipinski definition) is 2. The van der Waals surface area contributed by atoms with E-state index in [0.717, 1.165) is 13.0 Å². The topological polar surface area (TPSA) is 71.3 Å². The first kappa shape index (κ1) is 15.3. The molecule has 21 heavy (non-hydrogen) atoms. The fourth-order valence-electron chi connectivity index (χ4n) is 2.06. The average Bonchev–Trinajstić information content (AvgIpc) is 2.89. The number of nitrogens with zero attached hydrogens (tertiary/aromatic N) is 1. The fraction of sp³-hybridized carbons (Fsp3) is 0.200. The molecule has 0 aliphatic rings. The van der Waals surface area contributed by atoms with Crippen molar-refractivity contribution in [3.8, 4) is 0 Å². The molecule has 0 aliphatic heterocycles. The molecular formula is C15H15BrN2O3. The lowest BCUT2D eigenvalue weighted by molar-refractivity contribution is 0.0698. The Morgan fingerprint density at radius 2 is 2.05 bits per heavy atom. The van der Waals surface area contributed by atoms with Crippen molar-refractivity contribution >= 4 is 33.5 Å². The van der Waals surface area contributed by atoms with Crippen LogP contribution >= 0.6 is 15.9 Å². The van der Waals surface area contributed by atoms with Gasteiger partial charge in [-0.1, -0.05) is 13.0 Å². The van der Waals surface area contributed by atoms with Gasteiger partial charge in [-0.05, 0) is 46.6 Å². The van der Waals surface area contributed by atoms with Crippen LogP contribution in [0, 0.1) is 0 Å². The molecular weight excluding hydrogens is 336 g/mol. The number of carbonyl (C=O) groups excluding carboxylic acids is 1. The van der Waals surface area contributed by atoms with Gasteiger partial charge in [-0.3, -0.25) is 4.79 Å². The van der Waals surface area contributed by atoms with Gasteiger partial charge in [0.05, 0.1) is 11.3 Å². The molecule has 110 valence electrons. The van der Waals surface area contributed by atoms with Crippen LogP contribution in [0.15, 0.2) is 41.0 Å². The second kappa shape index (κ2) is 6.58. The molecule has 0 atom stereocenters. The van der Waals surface area contributed by atoms with Crippen LogP contribution in [-0.2, 0) is 6.54 Å². The molecule has 2 aromatic rings. The second-order valence-corrected chi connectivity index (χ2v) is 5.36. The molecule has 0 fully saturated rings. The first-order valence-electron chi connectivity index (χ1n) is 6.53. The molecule has 0 spiro atoms. The maximum absolute atomic E-state index is 12.4. The molecule has 2 N–H and O–H groups in total. The van der Waals surface area contributed by atoms with Crippen LogP contribution in [0.2, 0.25) is 0 Å². The number of aryl methyl sites for hydroxylation is 1. The Morgan fingerprint density at radius 3 is 2.71 bits per heavy atom. The van der Waals surface area contributed by atoms with Crippen molar-refractivity contribution in [1.82, 2.24) is 4.57 Å². The Hall–Kier alpha value is -2.08. The van der Waals surface area contributed by atoms with Gasteiger partial charge in [0.1, 0.15) is 5.69 Å². The molecule has 2 rings (SSSR count). The van der Waals surface area contributed by atoms with Crippen molar-refractivity contribution in [2.75, 3.05) is 5.32 Å². The summed E-state index contributed by atoms with van der Waals surface area (Å²) in [5.74, 6) is -1.42. The first-order valence-corrected chi connectivity index (χ1v) is 7.32. The van der Waals surface area contributed by atoms with Crippen LogP contribution < -0.4 is 5.32 Å². The summed E-state index contributed by atoms with van der Waals surface area (Å²) in [5.41, 5.74) is 0.814. The summed E-state index contributed by atoms with van der Waals surface area (Å²) in [6.07, 6.45) is 2.74. The van der Waals surface area contributed by atoms with Crippen LogP contribution in [0.4, 0.5) is 5.69 Å². The highest BCUT2D eigenvalue weighted by molar-refractivity contribution is 9.10. The van der Waals surface area contributed by atoms with Crippen molar-refractivity contribution < 1.29 is 14.7 Å². The quantitative estimate of drug-likeness (QED) is 0.865. The van der Waals surface area contributed by atoms with E-state index in [1.807, 2.05) is 17.7 Å². The molecule has 0 radical (unpaired) electrons. The van der Waals surface area contributed by atoms with E-state index in [9.17, 15) is 14.7 Å². The smallest absolute Gasteiger partial charge is 0.337 e. The number of carboxylic acid groups (broad SMARTS) is 1. The van der Waals surface area contributed by atoms with Crippen molar-refractivity contribution in [1.29, 1.82) is 0 Å². The normalized spacial score (nSPS) is 10.4. The molecule has 1 aromatic carbocycles. The standard InChI is InChI=1S/C15H15BrN2O3/c1-2-8-18-9-4-7-12(18)14(19)17-13-10(15(20)21)5-3-6-11(13)16/h3-7,9H,2,8H2,1H3,(H,17,19)(H,20,21). The summed E-state index contributed by atoms with van der Waals surface area (Å²) in [6.45, 7) is 2.76. The second-order valence-electron chi connectivity index (χ2n) is 4.51. The number of hydrogen-bond acceptors (Lipinski definition) is 2. The third-order valence-corrected chi connectivity index (χ3v) is 3.67. The van der Waals surface area contributed by atoms with Crippen LogP contribution in [0.3, 0.4) is 0 Å². The van der Waals surface area contributed by atoms with Crippen LogP contribution in [0.25, 0.3) is 0 Å². The lowest BCUT2D eigenvalue weighted by Crippen LogP contribution is -2.19. The number of aromatic carboxylic acids is 1. The van der Waals surface area contributed by atoms with Crippen molar-refractivity contribution in [3.63, 3.8) is 0 Å². The van der Waals surface area contributed by atoms with E-state index in [1.54, 1.807) is 24.3 Å². The van der Waals surface area contributed by atoms with E-state index in [1.165, 1.54) is 6.07 Å². The van der Waals surface area contributed by atoms with Gasteiger partial charge in [0.25, 0.3) is 5.91 Å². The van der Waals surface area contributed by atoms with E-state index in [4.69, 9.17) is 0 Å². The molecule has 6 heteroatoms. The fourth-order valence-corrected chi connectivity index (χ4v) is 2.53. The maximum atomic E-state index is 12.4. The lowest BCUT2D eigenvalue weighted by atomic mass is 10.1. The largest absolute Gasteiger partial charge is 0.478 e. The monoisotopic (exact) mass is 350 g/mol. The van der Waals surface area contributed by atoms with Crippen LogP contribution in [-0.4, -0.2) is 21.6 Å². The molecule has 0 saturated heterocycles. The summed E-state index contributed by atoms with van der Waals surface area (Å²) in [7, 11) is 0. The molecule has 5 nitrogen and oxygen atoms in total. The summed E-state index contributed by atoms with van der Waals surface area (Å²) in [6, 6.07) is 8.26. The maximum Gasteiger partial charge on any atom is 0.337 e. The third kappa shape index (κ3) is 3.33. The van der Waals surface area contributed by atoms with E-state index in [0.29, 0.717) is 10.2 Å². The zero-order chi connectivity index (χ0) is 15.4. The zero-order valence-electron chi connectivity index (χ0n) is 11.5.